The van der Waals surface area contributed by atoms with E-state index < -0.39 is 0 Å². The van der Waals surface area contributed by atoms with E-state index in [-0.39, 0.29) is 6.04 Å². The van der Waals surface area contributed by atoms with Crippen LogP contribution in [0.15, 0.2) is 5.38 Å². The molecular formula is C10H17N3S. The highest BCUT2D eigenvalue weighted by molar-refractivity contribution is 7.09. The lowest BCUT2D eigenvalue weighted by Crippen LogP contribution is -2.26. The van der Waals surface area contributed by atoms with Gasteiger partial charge < -0.3 is 11.1 Å². The molecule has 0 aliphatic carbocycles. The van der Waals surface area contributed by atoms with Crippen molar-refractivity contribution in [1.29, 1.82) is 0 Å². The summed E-state index contributed by atoms with van der Waals surface area (Å²) in [5, 5.41) is 6.78. The molecule has 78 valence electrons. The van der Waals surface area contributed by atoms with Gasteiger partial charge in [0.15, 0.2) is 0 Å². The van der Waals surface area contributed by atoms with Crippen LogP contribution in [0.1, 0.15) is 49.0 Å². The number of nitrogens with one attached hydrogen (secondary N) is 1. The number of rotatable bonds is 2. The predicted octanol–water partition coefficient (Wildman–Crippen LogP) is 1.98. The molecule has 1 aromatic heterocycles. The van der Waals surface area contributed by atoms with Crippen molar-refractivity contribution >= 4 is 11.3 Å². The number of nitrogens with zero attached hydrogens (tertiary/aromatic N) is 1. The molecular weight excluding hydrogens is 194 g/mol. The van der Waals surface area contributed by atoms with Gasteiger partial charge in [0.25, 0.3) is 0 Å². The number of aromatic nitrogens is 1. The van der Waals surface area contributed by atoms with Crippen LogP contribution in [-0.2, 0) is 0 Å². The van der Waals surface area contributed by atoms with E-state index in [0.29, 0.717) is 6.04 Å². The lowest BCUT2D eigenvalue weighted by Gasteiger charge is -2.21. The quantitative estimate of drug-likeness (QED) is 0.786. The SMILES string of the molecule is CC(N)c1csc(C2CCCCN2)n1. The molecule has 1 aliphatic rings. The van der Waals surface area contributed by atoms with E-state index in [2.05, 4.69) is 15.7 Å². The van der Waals surface area contributed by atoms with Crippen LogP contribution in [0.3, 0.4) is 0 Å². The van der Waals surface area contributed by atoms with Crippen molar-refractivity contribution in [1.82, 2.24) is 10.3 Å². The van der Waals surface area contributed by atoms with Crippen molar-refractivity contribution in [2.45, 2.75) is 38.3 Å². The molecule has 0 saturated carbocycles. The number of hydrogen-bond acceptors (Lipinski definition) is 4. The highest BCUT2D eigenvalue weighted by Gasteiger charge is 2.18. The van der Waals surface area contributed by atoms with Crippen LogP contribution in [-0.4, -0.2) is 11.5 Å². The summed E-state index contributed by atoms with van der Waals surface area (Å²) in [4.78, 5) is 4.56. The number of hydrogen-bond donors (Lipinski definition) is 2. The summed E-state index contributed by atoms with van der Waals surface area (Å²) >= 11 is 1.73. The Kier molecular flexibility index (Phi) is 3.15. The summed E-state index contributed by atoms with van der Waals surface area (Å²) < 4.78 is 0. The van der Waals surface area contributed by atoms with Crippen LogP contribution in [0.25, 0.3) is 0 Å². The average Bonchev–Trinajstić information content (AvgIpc) is 2.68. The van der Waals surface area contributed by atoms with Crippen molar-refractivity contribution in [3.8, 4) is 0 Å². The fraction of sp³-hybridized carbons (Fsp3) is 0.700. The molecule has 0 amide bonds. The second-order valence-corrected chi connectivity index (χ2v) is 4.79. The number of thiazole rings is 1. The van der Waals surface area contributed by atoms with Crippen LogP contribution in [0.2, 0.25) is 0 Å². The molecule has 4 heteroatoms. The van der Waals surface area contributed by atoms with Gasteiger partial charge in [0, 0.05) is 11.4 Å². The molecule has 2 unspecified atom stereocenters. The van der Waals surface area contributed by atoms with E-state index in [1.165, 1.54) is 24.3 Å². The molecule has 3 nitrogen and oxygen atoms in total. The summed E-state index contributed by atoms with van der Waals surface area (Å²) in [5.74, 6) is 0. The van der Waals surface area contributed by atoms with E-state index in [1.54, 1.807) is 11.3 Å². The third-order valence-electron chi connectivity index (χ3n) is 2.61. The van der Waals surface area contributed by atoms with E-state index in [0.717, 1.165) is 12.2 Å². The molecule has 0 aromatic carbocycles. The Morgan fingerprint density at radius 1 is 1.64 bits per heavy atom. The van der Waals surface area contributed by atoms with E-state index in [1.807, 2.05) is 6.92 Å². The Balaban J connectivity index is 2.07. The van der Waals surface area contributed by atoms with Gasteiger partial charge in [-0.25, -0.2) is 4.98 Å². The molecule has 2 atom stereocenters. The van der Waals surface area contributed by atoms with Crippen molar-refractivity contribution in [2.75, 3.05) is 6.54 Å². The smallest absolute Gasteiger partial charge is 0.110 e. The molecule has 2 rings (SSSR count). The number of piperidine rings is 1. The first-order chi connectivity index (χ1) is 6.77. The minimum Gasteiger partial charge on any atom is -0.323 e. The van der Waals surface area contributed by atoms with Gasteiger partial charge in [-0.15, -0.1) is 11.3 Å². The summed E-state index contributed by atoms with van der Waals surface area (Å²) in [6.07, 6.45) is 3.82. The average molecular weight is 211 g/mol. The minimum atomic E-state index is 0.0589. The Hall–Kier alpha value is -0.450. The Morgan fingerprint density at radius 3 is 3.07 bits per heavy atom. The Morgan fingerprint density at radius 2 is 2.50 bits per heavy atom. The highest BCUT2D eigenvalue weighted by Crippen LogP contribution is 2.26. The van der Waals surface area contributed by atoms with Crippen LogP contribution in [0.5, 0.6) is 0 Å². The van der Waals surface area contributed by atoms with Gasteiger partial charge in [-0.1, -0.05) is 6.42 Å². The summed E-state index contributed by atoms with van der Waals surface area (Å²) in [6, 6.07) is 0.532. The van der Waals surface area contributed by atoms with Crippen LogP contribution in [0, 0.1) is 0 Å². The lowest BCUT2D eigenvalue weighted by atomic mass is 10.1. The Bertz CT molecular complexity index is 289. The molecule has 0 radical (unpaired) electrons. The lowest BCUT2D eigenvalue weighted by molar-refractivity contribution is 0.410. The topological polar surface area (TPSA) is 50.9 Å². The van der Waals surface area contributed by atoms with Gasteiger partial charge in [0.2, 0.25) is 0 Å². The molecule has 0 bridgehead atoms. The third kappa shape index (κ3) is 2.13. The first-order valence-electron chi connectivity index (χ1n) is 5.21. The standard InChI is InChI=1S/C10H17N3S/c1-7(11)9-6-14-10(13-9)8-4-2-3-5-12-8/h6-8,12H,2-5,11H2,1H3. The molecule has 1 aliphatic heterocycles. The zero-order valence-electron chi connectivity index (χ0n) is 8.49. The molecule has 1 aromatic rings. The fourth-order valence-electron chi connectivity index (χ4n) is 1.73. The second-order valence-electron chi connectivity index (χ2n) is 3.90. The van der Waals surface area contributed by atoms with Crippen molar-refractivity contribution in [3.63, 3.8) is 0 Å². The summed E-state index contributed by atoms with van der Waals surface area (Å²) in [6.45, 7) is 3.10. The molecule has 0 spiro atoms. The zero-order chi connectivity index (χ0) is 9.97. The minimum absolute atomic E-state index is 0.0589. The second kappa shape index (κ2) is 4.38. The van der Waals surface area contributed by atoms with Gasteiger partial charge in [-0.2, -0.15) is 0 Å². The first kappa shape index (κ1) is 10.1. The van der Waals surface area contributed by atoms with Gasteiger partial charge in [0.05, 0.1) is 11.7 Å². The third-order valence-corrected chi connectivity index (χ3v) is 3.59. The van der Waals surface area contributed by atoms with Gasteiger partial charge in [-0.3, -0.25) is 0 Å². The van der Waals surface area contributed by atoms with Crippen molar-refractivity contribution in [3.05, 3.63) is 16.1 Å². The summed E-state index contributed by atoms with van der Waals surface area (Å²) in [5.41, 5.74) is 6.81. The van der Waals surface area contributed by atoms with Crippen LogP contribution < -0.4 is 11.1 Å². The maximum atomic E-state index is 5.78. The first-order valence-corrected chi connectivity index (χ1v) is 6.09. The van der Waals surface area contributed by atoms with Gasteiger partial charge >= 0.3 is 0 Å². The maximum Gasteiger partial charge on any atom is 0.110 e. The monoisotopic (exact) mass is 211 g/mol. The molecule has 1 saturated heterocycles. The summed E-state index contributed by atoms with van der Waals surface area (Å²) in [7, 11) is 0. The van der Waals surface area contributed by atoms with Crippen LogP contribution >= 0.6 is 11.3 Å². The Labute approximate surface area is 88.7 Å². The van der Waals surface area contributed by atoms with Gasteiger partial charge in [0.1, 0.15) is 5.01 Å². The largest absolute Gasteiger partial charge is 0.323 e. The zero-order valence-corrected chi connectivity index (χ0v) is 9.31. The number of nitrogens with two attached hydrogens (primary N) is 1. The van der Waals surface area contributed by atoms with E-state index in [9.17, 15) is 0 Å². The molecule has 14 heavy (non-hydrogen) atoms. The van der Waals surface area contributed by atoms with Crippen molar-refractivity contribution in [2.24, 2.45) is 5.73 Å². The normalized spacial score (nSPS) is 24.9. The molecule has 3 N–H and O–H groups in total. The van der Waals surface area contributed by atoms with E-state index >= 15 is 0 Å². The van der Waals surface area contributed by atoms with E-state index in [4.69, 9.17) is 5.73 Å². The predicted molar refractivity (Wildman–Crippen MR) is 59.3 cm³/mol. The fourth-order valence-corrected chi connectivity index (χ4v) is 2.76. The maximum absolute atomic E-state index is 5.78. The van der Waals surface area contributed by atoms with Crippen LogP contribution in [0.4, 0.5) is 0 Å². The molecule has 1 fully saturated rings. The van der Waals surface area contributed by atoms with Crippen molar-refractivity contribution < 1.29 is 0 Å². The van der Waals surface area contributed by atoms with Gasteiger partial charge in [-0.05, 0) is 26.3 Å². The molecule has 2 heterocycles. The highest BCUT2D eigenvalue weighted by atomic mass is 32.1.